The standard InChI is InChI=1S/C36H48N2O7Si/c1-20-15-16-25(42-7)23-17-22-18-24-29(38(5)6)31-28(34(37-44-31)43-19-21-13-11-10-12-14-21)33(41)36(24,45-46(8,9)35(2,3)4)32(40)27(22)30(39)26(20)23/h10-16,22,24,27-29,31-32,40H,17-19H2,1-9H3/t22-,24-,27?,28?,29-,31?,32?,36-/m0/s1. The van der Waals surface area contributed by atoms with Gasteiger partial charge in [0, 0.05) is 17.0 Å². The van der Waals surface area contributed by atoms with E-state index in [2.05, 4.69) is 43.9 Å². The van der Waals surface area contributed by atoms with Crippen LogP contribution in [0.4, 0.5) is 0 Å². The number of ketones is 2. The van der Waals surface area contributed by atoms with Crippen molar-refractivity contribution >= 4 is 25.8 Å². The van der Waals surface area contributed by atoms with Crippen molar-refractivity contribution in [3.05, 3.63) is 64.7 Å². The monoisotopic (exact) mass is 648 g/mol. The van der Waals surface area contributed by atoms with Gasteiger partial charge in [-0.05, 0) is 75.1 Å². The van der Waals surface area contributed by atoms with Crippen LogP contribution in [0.25, 0.3) is 0 Å². The Morgan fingerprint density at radius 3 is 2.43 bits per heavy atom. The Labute approximate surface area is 273 Å². The molecule has 0 saturated heterocycles. The Morgan fingerprint density at radius 1 is 1.11 bits per heavy atom. The first-order valence-electron chi connectivity index (χ1n) is 16.3. The number of fused-ring (bicyclic) bond motifs is 4. The van der Waals surface area contributed by atoms with Gasteiger partial charge in [0.25, 0.3) is 0 Å². The van der Waals surface area contributed by atoms with Crippen molar-refractivity contribution in [2.75, 3.05) is 21.2 Å². The number of hydrogen-bond acceptors (Lipinski definition) is 9. The second-order valence-electron chi connectivity index (χ2n) is 15.3. The van der Waals surface area contributed by atoms with E-state index in [-0.39, 0.29) is 41.1 Å². The number of oxime groups is 1. The molecule has 1 heterocycles. The second kappa shape index (κ2) is 11.6. The topological polar surface area (TPSA) is 107 Å². The molecule has 0 aromatic heterocycles. The number of nitrogens with zero attached hydrogens (tertiary/aromatic N) is 2. The number of aliphatic hydroxyl groups excluding tert-OH is 1. The van der Waals surface area contributed by atoms with Gasteiger partial charge in [0.2, 0.25) is 5.90 Å². The van der Waals surface area contributed by atoms with Crippen LogP contribution < -0.4 is 4.74 Å². The fourth-order valence-corrected chi connectivity index (χ4v) is 9.74. The van der Waals surface area contributed by atoms with Gasteiger partial charge in [-0.25, -0.2) is 0 Å². The molecule has 0 bridgehead atoms. The molecule has 2 aromatic carbocycles. The van der Waals surface area contributed by atoms with Crippen LogP contribution >= 0.6 is 0 Å². The summed E-state index contributed by atoms with van der Waals surface area (Å²) in [7, 11) is 2.82. The summed E-state index contributed by atoms with van der Waals surface area (Å²) in [6, 6.07) is 13.1. The Morgan fingerprint density at radius 2 is 1.80 bits per heavy atom. The van der Waals surface area contributed by atoms with E-state index in [4.69, 9.17) is 18.7 Å². The quantitative estimate of drug-likeness (QED) is 0.428. The van der Waals surface area contributed by atoms with Gasteiger partial charge in [0.1, 0.15) is 23.9 Å². The van der Waals surface area contributed by atoms with Crippen LogP contribution in [-0.4, -0.2) is 80.8 Å². The largest absolute Gasteiger partial charge is 0.496 e. The summed E-state index contributed by atoms with van der Waals surface area (Å²) in [5, 5.41) is 16.8. The molecule has 248 valence electrons. The Bertz CT molecular complexity index is 1550. The molecule has 1 aliphatic heterocycles. The third kappa shape index (κ3) is 4.95. The molecule has 2 saturated carbocycles. The van der Waals surface area contributed by atoms with E-state index in [0.29, 0.717) is 24.2 Å². The molecular formula is C36H48N2O7Si. The first kappa shape index (κ1) is 32.9. The van der Waals surface area contributed by atoms with E-state index in [9.17, 15) is 9.90 Å². The molecule has 4 unspecified atom stereocenters. The Balaban J connectivity index is 1.49. The van der Waals surface area contributed by atoms with E-state index in [1.165, 1.54) is 0 Å². The summed E-state index contributed by atoms with van der Waals surface area (Å²) in [6.45, 7) is 12.7. The smallest absolute Gasteiger partial charge is 0.240 e. The first-order valence-corrected chi connectivity index (χ1v) is 19.2. The van der Waals surface area contributed by atoms with Gasteiger partial charge in [-0.3, -0.25) is 9.59 Å². The van der Waals surface area contributed by atoms with Crippen LogP contribution in [-0.2, 0) is 31.8 Å². The molecular weight excluding hydrogens is 600 g/mol. The highest BCUT2D eigenvalue weighted by molar-refractivity contribution is 6.74. The lowest BCUT2D eigenvalue weighted by atomic mass is 9.51. The minimum Gasteiger partial charge on any atom is -0.496 e. The van der Waals surface area contributed by atoms with E-state index < -0.39 is 43.9 Å². The lowest BCUT2D eigenvalue weighted by Crippen LogP contribution is -2.78. The number of ether oxygens (including phenoxy) is 2. The normalized spacial score (nSPS) is 32.2. The van der Waals surface area contributed by atoms with Crippen LogP contribution in [0.1, 0.15) is 54.2 Å². The number of carbonyl (C=O) groups is 2. The van der Waals surface area contributed by atoms with Gasteiger partial charge >= 0.3 is 0 Å². The molecule has 2 fully saturated rings. The molecule has 9 nitrogen and oxygen atoms in total. The van der Waals surface area contributed by atoms with E-state index in [1.54, 1.807) is 7.11 Å². The molecule has 46 heavy (non-hydrogen) atoms. The van der Waals surface area contributed by atoms with Gasteiger partial charge in [0.15, 0.2) is 26.0 Å². The number of carbonyl (C=O) groups excluding carboxylic acids is 2. The predicted octanol–water partition coefficient (Wildman–Crippen LogP) is 5.17. The maximum atomic E-state index is 15.3. The number of aryl methyl sites for hydroxylation is 1. The van der Waals surface area contributed by atoms with Crippen LogP contribution in [0.15, 0.2) is 47.6 Å². The minimum absolute atomic E-state index is 0.153. The van der Waals surface area contributed by atoms with Crippen LogP contribution in [0.3, 0.4) is 0 Å². The van der Waals surface area contributed by atoms with Crippen molar-refractivity contribution in [1.82, 2.24) is 4.90 Å². The average Bonchev–Trinajstić information content (AvgIpc) is 3.40. The molecule has 10 heteroatoms. The molecule has 3 aliphatic carbocycles. The van der Waals surface area contributed by atoms with E-state index >= 15 is 4.79 Å². The van der Waals surface area contributed by atoms with Crippen LogP contribution in [0, 0.1) is 30.6 Å². The number of Topliss-reactive ketones (excluding diaryl/α,β-unsaturated/α-hetero) is 2. The summed E-state index contributed by atoms with van der Waals surface area (Å²) >= 11 is 0. The van der Waals surface area contributed by atoms with Gasteiger partial charge in [-0.15, -0.1) is 0 Å². The zero-order valence-electron chi connectivity index (χ0n) is 28.5. The summed E-state index contributed by atoms with van der Waals surface area (Å²) in [5.74, 6) is -1.97. The molecule has 8 atom stereocenters. The van der Waals surface area contributed by atoms with Gasteiger partial charge in [-0.1, -0.05) is 62.3 Å². The van der Waals surface area contributed by atoms with Crippen molar-refractivity contribution in [3.63, 3.8) is 0 Å². The highest BCUT2D eigenvalue weighted by Crippen LogP contribution is 2.58. The number of aliphatic hydroxyl groups is 1. The minimum atomic E-state index is -2.72. The maximum absolute atomic E-state index is 15.3. The summed E-state index contributed by atoms with van der Waals surface area (Å²) in [6.07, 6.45) is -0.934. The molecule has 6 rings (SSSR count). The summed E-state index contributed by atoms with van der Waals surface area (Å²) in [5.41, 5.74) is 1.57. The lowest BCUT2D eigenvalue weighted by molar-refractivity contribution is -0.210. The first-order chi connectivity index (χ1) is 21.6. The third-order valence-electron chi connectivity index (χ3n) is 11.4. The zero-order valence-corrected chi connectivity index (χ0v) is 29.5. The van der Waals surface area contributed by atoms with Gasteiger partial charge < -0.3 is 28.7 Å². The van der Waals surface area contributed by atoms with Crippen molar-refractivity contribution in [2.24, 2.45) is 28.8 Å². The summed E-state index contributed by atoms with van der Waals surface area (Å²) in [4.78, 5) is 38.0. The fraction of sp³-hybridized carbons (Fsp3) is 0.583. The third-order valence-corrected chi connectivity index (χ3v) is 15.9. The molecule has 0 spiro atoms. The van der Waals surface area contributed by atoms with Crippen LogP contribution in [0.5, 0.6) is 5.75 Å². The molecule has 4 aliphatic rings. The molecule has 0 radical (unpaired) electrons. The van der Waals surface area contributed by atoms with Gasteiger partial charge in [0.05, 0.1) is 25.2 Å². The maximum Gasteiger partial charge on any atom is 0.240 e. The predicted molar refractivity (Wildman–Crippen MR) is 177 cm³/mol. The number of likely N-dealkylation sites (N-methyl/N-ethyl adjacent to an activating group) is 1. The number of rotatable bonds is 6. The van der Waals surface area contributed by atoms with Crippen molar-refractivity contribution < 1.29 is 33.4 Å². The van der Waals surface area contributed by atoms with E-state index in [1.807, 2.05) is 63.5 Å². The number of hydrogen-bond donors (Lipinski definition) is 1. The second-order valence-corrected chi connectivity index (χ2v) is 20.0. The molecule has 2 aromatic rings. The average molecular weight is 649 g/mol. The summed E-state index contributed by atoms with van der Waals surface area (Å²) < 4.78 is 19.2. The van der Waals surface area contributed by atoms with E-state index in [0.717, 1.165) is 16.7 Å². The number of methoxy groups -OCH3 is 1. The van der Waals surface area contributed by atoms with Crippen molar-refractivity contribution in [1.29, 1.82) is 0 Å². The van der Waals surface area contributed by atoms with Gasteiger partial charge in [-0.2, -0.15) is 0 Å². The zero-order chi connectivity index (χ0) is 33.3. The Hall–Kier alpha value is -3.05. The SMILES string of the molecule is COc1ccc(C)c2c1C[C@H]1C[C@H]3[C@H](N(C)C)C4ON=C(OCc5ccccc5)C4C(=O)[C@@]3(O[Si](C)(C)C(C)(C)C)C(O)C1C2=O. The fourth-order valence-electron chi connectivity index (χ4n) is 8.22. The molecule has 1 N–H and O–H groups in total. The Kier molecular flexibility index (Phi) is 8.27. The van der Waals surface area contributed by atoms with Crippen LogP contribution in [0.2, 0.25) is 18.1 Å². The molecule has 0 amide bonds. The highest BCUT2D eigenvalue weighted by atomic mass is 28.4. The van der Waals surface area contributed by atoms with Crippen molar-refractivity contribution in [3.8, 4) is 5.75 Å². The lowest BCUT2D eigenvalue weighted by Gasteiger charge is -2.61. The number of benzene rings is 2. The highest BCUT2D eigenvalue weighted by Gasteiger charge is 2.73. The van der Waals surface area contributed by atoms with Crippen molar-refractivity contribution in [2.45, 2.75) is 89.1 Å².